The maximum absolute atomic E-state index is 10.2. The van der Waals surface area contributed by atoms with Crippen LogP contribution < -0.4 is 0 Å². The fourth-order valence-corrected chi connectivity index (χ4v) is 2.95. The number of aliphatic hydroxyl groups is 1. The van der Waals surface area contributed by atoms with Gasteiger partial charge in [0.2, 0.25) is 0 Å². The van der Waals surface area contributed by atoms with Gasteiger partial charge in [0.15, 0.2) is 0 Å². The van der Waals surface area contributed by atoms with Gasteiger partial charge in [0.05, 0.1) is 12.1 Å². The summed E-state index contributed by atoms with van der Waals surface area (Å²) >= 11 is 0. The van der Waals surface area contributed by atoms with Crippen molar-refractivity contribution >= 4 is 0 Å². The Morgan fingerprint density at radius 2 is 2.06 bits per heavy atom. The number of nitrogens with zero attached hydrogens (tertiary/aromatic N) is 3. The van der Waals surface area contributed by atoms with Gasteiger partial charge in [-0.05, 0) is 29.7 Å². The van der Waals surface area contributed by atoms with Crippen LogP contribution >= 0.6 is 0 Å². The van der Waals surface area contributed by atoms with Gasteiger partial charge in [0.1, 0.15) is 0 Å². The molecule has 17 heavy (non-hydrogen) atoms. The van der Waals surface area contributed by atoms with E-state index in [1.807, 2.05) is 0 Å². The van der Waals surface area contributed by atoms with E-state index in [2.05, 4.69) is 30.8 Å². The molecule has 0 saturated heterocycles. The van der Waals surface area contributed by atoms with Crippen LogP contribution in [0.2, 0.25) is 0 Å². The van der Waals surface area contributed by atoms with Crippen molar-refractivity contribution in [3.63, 3.8) is 0 Å². The molecule has 0 aromatic carbocycles. The lowest BCUT2D eigenvalue weighted by molar-refractivity contribution is 0.0438. The highest BCUT2D eigenvalue weighted by Gasteiger charge is 2.47. The molecule has 0 aliphatic heterocycles. The number of azide groups is 1. The Morgan fingerprint density at radius 1 is 1.35 bits per heavy atom. The van der Waals surface area contributed by atoms with Crippen molar-refractivity contribution < 1.29 is 5.11 Å². The maximum Gasteiger partial charge on any atom is 0.0678 e. The molecule has 4 heteroatoms. The zero-order chi connectivity index (χ0) is 12.9. The highest BCUT2D eigenvalue weighted by atomic mass is 16.3. The molecule has 0 amide bonds. The number of rotatable bonds is 6. The quantitative estimate of drug-likeness (QED) is 0.323. The van der Waals surface area contributed by atoms with Gasteiger partial charge in [0.25, 0.3) is 0 Å². The minimum atomic E-state index is -0.491. The minimum Gasteiger partial charge on any atom is -0.392 e. The van der Waals surface area contributed by atoms with E-state index in [0.717, 1.165) is 12.8 Å². The summed E-state index contributed by atoms with van der Waals surface area (Å²) in [5.74, 6) is 0.477. The van der Waals surface area contributed by atoms with Crippen LogP contribution in [0, 0.1) is 11.3 Å². The maximum atomic E-state index is 10.2. The Hall–Kier alpha value is -0.730. The first-order valence-electron chi connectivity index (χ1n) is 6.76. The van der Waals surface area contributed by atoms with Crippen molar-refractivity contribution in [1.29, 1.82) is 0 Å². The first kappa shape index (κ1) is 14.3. The average Bonchev–Trinajstić information content (AvgIpc) is 2.49. The molecule has 1 fully saturated rings. The van der Waals surface area contributed by atoms with Gasteiger partial charge in [-0.2, -0.15) is 0 Å². The van der Waals surface area contributed by atoms with Crippen molar-refractivity contribution in [2.45, 2.75) is 71.4 Å². The molecule has 0 spiro atoms. The van der Waals surface area contributed by atoms with Crippen LogP contribution in [0.3, 0.4) is 0 Å². The Morgan fingerprint density at radius 3 is 2.65 bits per heavy atom. The third kappa shape index (κ3) is 3.36. The molecule has 98 valence electrons. The molecule has 1 saturated carbocycles. The van der Waals surface area contributed by atoms with Gasteiger partial charge in [-0.25, -0.2) is 0 Å². The molecule has 0 radical (unpaired) electrons. The smallest absolute Gasteiger partial charge is 0.0678 e. The van der Waals surface area contributed by atoms with Crippen molar-refractivity contribution in [1.82, 2.24) is 0 Å². The third-order valence-corrected chi connectivity index (χ3v) is 4.31. The summed E-state index contributed by atoms with van der Waals surface area (Å²) in [7, 11) is 0. The molecule has 0 aromatic rings. The number of hydrogen-bond acceptors (Lipinski definition) is 2. The van der Waals surface area contributed by atoms with E-state index in [1.54, 1.807) is 0 Å². The van der Waals surface area contributed by atoms with Crippen LogP contribution in [0.1, 0.15) is 59.3 Å². The average molecular weight is 239 g/mol. The second-order valence-electron chi connectivity index (χ2n) is 5.82. The lowest BCUT2D eigenvalue weighted by Gasteiger charge is -2.30. The summed E-state index contributed by atoms with van der Waals surface area (Å²) in [6.45, 7) is 6.39. The summed E-state index contributed by atoms with van der Waals surface area (Å²) in [6.07, 6.45) is 6.51. The first-order chi connectivity index (χ1) is 8.04. The van der Waals surface area contributed by atoms with Crippen molar-refractivity contribution in [2.75, 3.05) is 0 Å². The number of unbranched alkanes of at least 4 members (excludes halogenated alkanes) is 3. The molecule has 0 bridgehead atoms. The second-order valence-corrected chi connectivity index (χ2v) is 5.82. The molecule has 1 aliphatic rings. The van der Waals surface area contributed by atoms with Crippen LogP contribution in [0.25, 0.3) is 10.4 Å². The van der Waals surface area contributed by atoms with E-state index < -0.39 is 6.10 Å². The Balaban J connectivity index is 2.52. The van der Waals surface area contributed by atoms with E-state index in [-0.39, 0.29) is 11.5 Å². The molecule has 3 atom stereocenters. The Labute approximate surface area is 104 Å². The summed E-state index contributed by atoms with van der Waals surface area (Å²) in [6, 6.07) is -0.230. The Bertz CT molecular complexity index is 284. The summed E-state index contributed by atoms with van der Waals surface area (Å²) < 4.78 is 0. The second kappa shape index (κ2) is 6.27. The largest absolute Gasteiger partial charge is 0.392 e. The SMILES string of the molecule is CCCCCCC1CC(N=[N+]=[N-])[C@@H](O)C1(C)C. The van der Waals surface area contributed by atoms with E-state index >= 15 is 0 Å². The molecule has 1 aliphatic carbocycles. The summed E-state index contributed by atoms with van der Waals surface area (Å²) in [4.78, 5) is 2.84. The summed E-state index contributed by atoms with van der Waals surface area (Å²) in [5, 5.41) is 13.9. The summed E-state index contributed by atoms with van der Waals surface area (Å²) in [5.41, 5.74) is 8.37. The van der Waals surface area contributed by atoms with E-state index in [9.17, 15) is 5.11 Å². The van der Waals surface area contributed by atoms with Crippen LogP contribution in [0.5, 0.6) is 0 Å². The molecule has 4 nitrogen and oxygen atoms in total. The van der Waals surface area contributed by atoms with Crippen LogP contribution in [0.15, 0.2) is 5.11 Å². The predicted octanol–water partition coefficient (Wildman–Crippen LogP) is 4.04. The van der Waals surface area contributed by atoms with Crippen LogP contribution in [-0.2, 0) is 0 Å². The van der Waals surface area contributed by atoms with E-state index in [0.29, 0.717) is 5.92 Å². The number of hydrogen-bond donors (Lipinski definition) is 1. The standard InChI is InChI=1S/C13H25N3O/c1-4-5-6-7-8-10-9-11(15-16-14)12(17)13(10,2)3/h10-12,17H,4-9H2,1-3H3/t10?,11?,12-/m1/s1. The lowest BCUT2D eigenvalue weighted by atomic mass is 9.77. The third-order valence-electron chi connectivity index (χ3n) is 4.31. The highest BCUT2D eigenvalue weighted by molar-refractivity contribution is 5.00. The molecular formula is C13H25N3O. The van der Waals surface area contributed by atoms with Crippen LogP contribution in [-0.4, -0.2) is 17.3 Å². The lowest BCUT2D eigenvalue weighted by Crippen LogP contribution is -2.32. The molecular weight excluding hydrogens is 214 g/mol. The van der Waals surface area contributed by atoms with Gasteiger partial charge >= 0.3 is 0 Å². The number of aliphatic hydroxyl groups excluding tert-OH is 1. The highest BCUT2D eigenvalue weighted by Crippen LogP contribution is 2.46. The fourth-order valence-electron chi connectivity index (χ4n) is 2.95. The monoisotopic (exact) mass is 239 g/mol. The van der Waals surface area contributed by atoms with Gasteiger partial charge in [-0.1, -0.05) is 51.6 Å². The first-order valence-corrected chi connectivity index (χ1v) is 6.76. The van der Waals surface area contributed by atoms with Gasteiger partial charge in [0, 0.05) is 4.91 Å². The topological polar surface area (TPSA) is 69.0 Å². The van der Waals surface area contributed by atoms with Crippen molar-refractivity contribution in [3.8, 4) is 0 Å². The normalized spacial score (nSPS) is 31.2. The molecule has 1 N–H and O–H groups in total. The van der Waals surface area contributed by atoms with Gasteiger partial charge < -0.3 is 5.11 Å². The van der Waals surface area contributed by atoms with E-state index in [4.69, 9.17) is 5.53 Å². The molecule has 0 heterocycles. The van der Waals surface area contributed by atoms with Crippen molar-refractivity contribution in [3.05, 3.63) is 10.4 Å². The van der Waals surface area contributed by atoms with Gasteiger partial charge in [-0.3, -0.25) is 0 Å². The minimum absolute atomic E-state index is 0.120. The zero-order valence-electron chi connectivity index (χ0n) is 11.3. The predicted molar refractivity (Wildman–Crippen MR) is 69.6 cm³/mol. The molecule has 1 rings (SSSR count). The Kier molecular flexibility index (Phi) is 5.29. The molecule has 2 unspecified atom stereocenters. The van der Waals surface area contributed by atoms with Crippen LogP contribution in [0.4, 0.5) is 0 Å². The van der Waals surface area contributed by atoms with Gasteiger partial charge in [-0.15, -0.1) is 0 Å². The zero-order valence-corrected chi connectivity index (χ0v) is 11.3. The van der Waals surface area contributed by atoms with Crippen molar-refractivity contribution in [2.24, 2.45) is 16.4 Å². The molecule has 0 aromatic heterocycles. The fraction of sp³-hybridized carbons (Fsp3) is 1.00. The van der Waals surface area contributed by atoms with E-state index in [1.165, 1.54) is 25.7 Å².